The number of hydrogen-bond donors (Lipinski definition) is 1. The van der Waals surface area contributed by atoms with Crippen LogP contribution < -0.4 is 5.32 Å². The lowest BCUT2D eigenvalue weighted by Crippen LogP contribution is -2.38. The zero-order valence-electron chi connectivity index (χ0n) is 14.6. The summed E-state index contributed by atoms with van der Waals surface area (Å²) < 4.78 is 0. The Morgan fingerprint density at radius 2 is 1.81 bits per heavy atom. The molecule has 1 fully saturated rings. The summed E-state index contributed by atoms with van der Waals surface area (Å²) in [4.78, 5) is 0. The summed E-state index contributed by atoms with van der Waals surface area (Å²) in [6.07, 6.45) is 6.56. The van der Waals surface area contributed by atoms with Crippen molar-refractivity contribution in [3.05, 3.63) is 35.4 Å². The fourth-order valence-corrected chi connectivity index (χ4v) is 3.70. The van der Waals surface area contributed by atoms with E-state index in [-0.39, 0.29) is 0 Å². The van der Waals surface area contributed by atoms with Crippen LogP contribution in [-0.4, -0.2) is 6.04 Å². The van der Waals surface area contributed by atoms with Gasteiger partial charge in [-0.1, -0.05) is 58.4 Å². The van der Waals surface area contributed by atoms with Crippen LogP contribution in [0.1, 0.15) is 77.5 Å². The molecule has 1 aromatic carbocycles. The van der Waals surface area contributed by atoms with Crippen LogP contribution in [0.4, 0.5) is 0 Å². The third-order valence-corrected chi connectivity index (χ3v) is 4.81. The molecule has 0 aromatic heterocycles. The Morgan fingerprint density at radius 1 is 1.14 bits per heavy atom. The third kappa shape index (κ3) is 5.14. The van der Waals surface area contributed by atoms with E-state index in [4.69, 9.17) is 0 Å². The summed E-state index contributed by atoms with van der Waals surface area (Å²) >= 11 is 0. The van der Waals surface area contributed by atoms with Gasteiger partial charge in [0.2, 0.25) is 0 Å². The van der Waals surface area contributed by atoms with Crippen LogP contribution in [0.15, 0.2) is 24.3 Å². The van der Waals surface area contributed by atoms with E-state index in [2.05, 4.69) is 64.2 Å². The van der Waals surface area contributed by atoms with E-state index in [0.717, 1.165) is 5.92 Å². The normalized spacial score (nSPS) is 23.2. The maximum atomic E-state index is 3.85. The quantitative estimate of drug-likeness (QED) is 0.753. The van der Waals surface area contributed by atoms with Crippen molar-refractivity contribution in [2.24, 2.45) is 11.3 Å². The van der Waals surface area contributed by atoms with Crippen molar-refractivity contribution in [3.63, 3.8) is 0 Å². The molecule has 1 N–H and O–H groups in total. The first kappa shape index (κ1) is 16.5. The molecule has 0 amide bonds. The minimum Gasteiger partial charge on any atom is -0.307 e. The van der Waals surface area contributed by atoms with Crippen molar-refractivity contribution < 1.29 is 0 Å². The lowest BCUT2D eigenvalue weighted by Gasteiger charge is -2.37. The molecular formula is C20H33N. The lowest BCUT2D eigenvalue weighted by molar-refractivity contribution is 0.191. The first-order chi connectivity index (χ1) is 9.85. The van der Waals surface area contributed by atoms with Crippen LogP contribution in [0.5, 0.6) is 0 Å². The van der Waals surface area contributed by atoms with Crippen molar-refractivity contribution in [1.82, 2.24) is 5.32 Å². The summed E-state index contributed by atoms with van der Waals surface area (Å²) in [6.45, 7) is 11.7. The summed E-state index contributed by atoms with van der Waals surface area (Å²) in [7, 11) is 0. The zero-order valence-corrected chi connectivity index (χ0v) is 14.6. The maximum Gasteiger partial charge on any atom is 0.0294 e. The van der Waals surface area contributed by atoms with Gasteiger partial charge in [0.25, 0.3) is 0 Å². The Labute approximate surface area is 131 Å². The van der Waals surface area contributed by atoms with Crippen molar-refractivity contribution in [2.45, 2.75) is 78.8 Å². The summed E-state index contributed by atoms with van der Waals surface area (Å²) in [6, 6.07) is 10.4. The highest BCUT2D eigenvalue weighted by Crippen LogP contribution is 2.35. The number of rotatable bonds is 5. The Balaban J connectivity index is 1.92. The second-order valence-electron chi connectivity index (χ2n) is 8.19. The smallest absolute Gasteiger partial charge is 0.0294 e. The average molecular weight is 287 g/mol. The Bertz CT molecular complexity index is 430. The summed E-state index contributed by atoms with van der Waals surface area (Å²) in [5, 5.41) is 3.85. The van der Waals surface area contributed by atoms with Gasteiger partial charge in [0.15, 0.2) is 0 Å². The van der Waals surface area contributed by atoms with Gasteiger partial charge in [0.1, 0.15) is 0 Å². The summed E-state index contributed by atoms with van der Waals surface area (Å²) in [5.74, 6) is 0.732. The van der Waals surface area contributed by atoms with E-state index in [0.29, 0.717) is 17.5 Å². The molecule has 1 heteroatoms. The first-order valence-corrected chi connectivity index (χ1v) is 8.70. The van der Waals surface area contributed by atoms with Crippen LogP contribution in [0.2, 0.25) is 0 Å². The molecule has 0 aliphatic heterocycles. The average Bonchev–Trinajstić information content (AvgIpc) is 2.37. The van der Waals surface area contributed by atoms with Crippen molar-refractivity contribution >= 4 is 0 Å². The molecule has 2 rings (SSSR count). The minimum absolute atomic E-state index is 0.456. The van der Waals surface area contributed by atoms with Crippen LogP contribution in [0.25, 0.3) is 0 Å². The van der Waals surface area contributed by atoms with Crippen molar-refractivity contribution in [3.8, 4) is 0 Å². The van der Waals surface area contributed by atoms with E-state index in [1.165, 1.54) is 43.2 Å². The van der Waals surface area contributed by atoms with Gasteiger partial charge in [-0.2, -0.15) is 0 Å². The molecule has 0 spiro atoms. The standard InChI is InChI=1S/C20H33N/c1-15(2)13-17-8-10-18(11-9-17)16(3)21-19-7-6-12-20(4,5)14-19/h8-11,15-16,19,21H,6-7,12-14H2,1-5H3. The van der Waals surface area contributed by atoms with E-state index in [9.17, 15) is 0 Å². The first-order valence-electron chi connectivity index (χ1n) is 8.70. The molecule has 118 valence electrons. The molecule has 2 unspecified atom stereocenters. The van der Waals surface area contributed by atoms with Gasteiger partial charge in [-0.3, -0.25) is 0 Å². The lowest BCUT2D eigenvalue weighted by atomic mass is 9.75. The van der Waals surface area contributed by atoms with Gasteiger partial charge in [0.05, 0.1) is 0 Å². The topological polar surface area (TPSA) is 12.0 Å². The molecule has 0 bridgehead atoms. The van der Waals surface area contributed by atoms with E-state index >= 15 is 0 Å². The largest absolute Gasteiger partial charge is 0.307 e. The zero-order chi connectivity index (χ0) is 15.5. The Hall–Kier alpha value is -0.820. The van der Waals surface area contributed by atoms with Gasteiger partial charge < -0.3 is 5.32 Å². The highest BCUT2D eigenvalue weighted by Gasteiger charge is 2.28. The predicted octanol–water partition coefficient (Wildman–Crippen LogP) is 5.50. The molecule has 1 aromatic rings. The van der Waals surface area contributed by atoms with Gasteiger partial charge >= 0.3 is 0 Å². The molecule has 0 radical (unpaired) electrons. The van der Waals surface area contributed by atoms with Gasteiger partial charge in [-0.25, -0.2) is 0 Å². The van der Waals surface area contributed by atoms with Gasteiger partial charge in [-0.15, -0.1) is 0 Å². The SMILES string of the molecule is CC(C)Cc1ccc(C(C)NC2CCCC(C)(C)C2)cc1. The Morgan fingerprint density at radius 3 is 2.38 bits per heavy atom. The number of hydrogen-bond acceptors (Lipinski definition) is 1. The van der Waals surface area contributed by atoms with Crippen LogP contribution in [0, 0.1) is 11.3 Å². The van der Waals surface area contributed by atoms with Gasteiger partial charge in [-0.05, 0) is 55.1 Å². The van der Waals surface area contributed by atoms with Crippen LogP contribution >= 0.6 is 0 Å². The van der Waals surface area contributed by atoms with E-state index in [1.807, 2.05) is 0 Å². The molecule has 1 saturated carbocycles. The van der Waals surface area contributed by atoms with Crippen molar-refractivity contribution in [1.29, 1.82) is 0 Å². The maximum absolute atomic E-state index is 3.85. The highest BCUT2D eigenvalue weighted by atomic mass is 14.9. The molecule has 0 heterocycles. The van der Waals surface area contributed by atoms with Crippen LogP contribution in [0.3, 0.4) is 0 Å². The summed E-state index contributed by atoms with van der Waals surface area (Å²) in [5.41, 5.74) is 3.39. The molecule has 2 atom stereocenters. The molecular weight excluding hydrogens is 254 g/mol. The molecule has 1 aliphatic rings. The molecule has 21 heavy (non-hydrogen) atoms. The molecule has 1 nitrogen and oxygen atoms in total. The van der Waals surface area contributed by atoms with E-state index < -0.39 is 0 Å². The second kappa shape index (κ2) is 6.96. The molecule has 1 aliphatic carbocycles. The van der Waals surface area contributed by atoms with Crippen molar-refractivity contribution in [2.75, 3.05) is 0 Å². The highest BCUT2D eigenvalue weighted by molar-refractivity contribution is 5.25. The third-order valence-electron chi connectivity index (χ3n) is 4.81. The fourth-order valence-electron chi connectivity index (χ4n) is 3.70. The minimum atomic E-state index is 0.456. The predicted molar refractivity (Wildman–Crippen MR) is 92.6 cm³/mol. The van der Waals surface area contributed by atoms with Crippen LogP contribution in [-0.2, 0) is 6.42 Å². The fraction of sp³-hybridized carbons (Fsp3) is 0.700. The number of nitrogens with one attached hydrogen (secondary N) is 1. The monoisotopic (exact) mass is 287 g/mol. The van der Waals surface area contributed by atoms with E-state index in [1.54, 1.807) is 0 Å². The number of benzene rings is 1. The Kier molecular flexibility index (Phi) is 5.48. The second-order valence-corrected chi connectivity index (χ2v) is 8.19. The van der Waals surface area contributed by atoms with Gasteiger partial charge in [0, 0.05) is 12.1 Å². The molecule has 0 saturated heterocycles.